The van der Waals surface area contributed by atoms with Crippen LogP contribution in [0.1, 0.15) is 40.4 Å². The number of halogens is 1. The molecule has 2 aliphatic rings. The average molecular weight is 425 g/mol. The third kappa shape index (κ3) is 4.89. The first-order chi connectivity index (χ1) is 13.8. The normalized spacial score (nSPS) is 20.0. The number of nitrogens with one attached hydrogen (secondary N) is 2. The van der Waals surface area contributed by atoms with Crippen LogP contribution in [0.3, 0.4) is 0 Å². The molecule has 2 fully saturated rings. The van der Waals surface area contributed by atoms with Crippen LogP contribution >= 0.6 is 23.7 Å². The summed E-state index contributed by atoms with van der Waals surface area (Å²) in [7, 11) is 0. The van der Waals surface area contributed by atoms with E-state index in [0.29, 0.717) is 12.0 Å². The van der Waals surface area contributed by atoms with E-state index in [1.165, 1.54) is 42.7 Å². The zero-order valence-electron chi connectivity index (χ0n) is 16.1. The quantitative estimate of drug-likeness (QED) is 0.492. The smallest absolute Gasteiger partial charge is 0.265 e. The van der Waals surface area contributed by atoms with Crippen LogP contribution in [0, 0.1) is 5.92 Å². The highest BCUT2D eigenvalue weighted by molar-refractivity contribution is 7.12. The predicted molar refractivity (Wildman–Crippen MR) is 123 cm³/mol. The monoisotopic (exact) mass is 424 g/mol. The molecular formula is C24H25ClN2OS. The van der Waals surface area contributed by atoms with Crippen molar-refractivity contribution < 1.29 is 4.79 Å². The van der Waals surface area contributed by atoms with E-state index in [-0.39, 0.29) is 18.3 Å². The van der Waals surface area contributed by atoms with Crippen molar-refractivity contribution in [1.29, 1.82) is 0 Å². The Morgan fingerprint density at radius 2 is 1.76 bits per heavy atom. The van der Waals surface area contributed by atoms with Crippen LogP contribution in [-0.4, -0.2) is 18.5 Å². The maximum Gasteiger partial charge on any atom is 0.265 e. The summed E-state index contributed by atoms with van der Waals surface area (Å²) in [6.45, 7) is 1.18. The fourth-order valence-corrected chi connectivity index (χ4v) is 4.48. The van der Waals surface area contributed by atoms with Crippen LogP contribution in [0.25, 0.3) is 11.1 Å². The second-order valence-corrected chi connectivity index (χ2v) is 8.85. The molecule has 0 spiro atoms. The number of rotatable bonds is 7. The SMILES string of the molecule is Cl.O=C(Nc1ccc([C@@H]2C[C@H]2NCC2CC2)cc1)c1cc(-c2ccccc2)cs1. The highest BCUT2D eigenvalue weighted by Crippen LogP contribution is 2.42. The highest BCUT2D eigenvalue weighted by Gasteiger charge is 2.38. The van der Waals surface area contributed by atoms with Crippen LogP contribution in [0.5, 0.6) is 0 Å². The average Bonchev–Trinajstić information content (AvgIpc) is 3.65. The lowest BCUT2D eigenvalue weighted by Crippen LogP contribution is -2.20. The molecule has 1 heterocycles. The van der Waals surface area contributed by atoms with Crippen molar-refractivity contribution in [1.82, 2.24) is 5.32 Å². The molecule has 3 aromatic rings. The van der Waals surface area contributed by atoms with Gasteiger partial charge in [0, 0.05) is 17.6 Å². The van der Waals surface area contributed by atoms with E-state index in [0.717, 1.165) is 27.6 Å². The second-order valence-electron chi connectivity index (χ2n) is 7.94. The molecule has 2 atom stereocenters. The minimum absolute atomic E-state index is 0. The molecule has 2 aliphatic carbocycles. The molecule has 1 aromatic heterocycles. The van der Waals surface area contributed by atoms with Crippen molar-refractivity contribution in [2.45, 2.75) is 31.2 Å². The Morgan fingerprint density at radius 1 is 1.00 bits per heavy atom. The Hall–Kier alpha value is -2.14. The summed E-state index contributed by atoms with van der Waals surface area (Å²) in [5, 5.41) is 8.74. The topological polar surface area (TPSA) is 41.1 Å². The number of hydrogen-bond donors (Lipinski definition) is 2. The largest absolute Gasteiger partial charge is 0.321 e. The van der Waals surface area contributed by atoms with Crippen molar-refractivity contribution in [3.8, 4) is 11.1 Å². The van der Waals surface area contributed by atoms with Gasteiger partial charge in [-0.2, -0.15) is 0 Å². The Morgan fingerprint density at radius 3 is 2.48 bits per heavy atom. The van der Waals surface area contributed by atoms with Crippen LogP contribution in [0.15, 0.2) is 66.0 Å². The molecule has 5 rings (SSSR count). The van der Waals surface area contributed by atoms with E-state index >= 15 is 0 Å². The van der Waals surface area contributed by atoms with Gasteiger partial charge in [0.05, 0.1) is 4.88 Å². The van der Waals surface area contributed by atoms with Gasteiger partial charge < -0.3 is 10.6 Å². The molecule has 2 N–H and O–H groups in total. The summed E-state index contributed by atoms with van der Waals surface area (Å²) in [6.07, 6.45) is 4.03. The van der Waals surface area contributed by atoms with Crippen molar-refractivity contribution in [2.24, 2.45) is 5.92 Å². The van der Waals surface area contributed by atoms with Crippen molar-refractivity contribution in [3.05, 3.63) is 76.5 Å². The molecule has 0 unspecified atom stereocenters. The Bertz CT molecular complexity index is 966. The number of benzene rings is 2. The van der Waals surface area contributed by atoms with Gasteiger partial charge in [0.1, 0.15) is 0 Å². The summed E-state index contributed by atoms with van der Waals surface area (Å²) in [4.78, 5) is 13.3. The maximum absolute atomic E-state index is 12.6. The van der Waals surface area contributed by atoms with E-state index in [9.17, 15) is 4.79 Å². The van der Waals surface area contributed by atoms with Crippen molar-refractivity contribution >= 4 is 35.3 Å². The number of anilines is 1. The van der Waals surface area contributed by atoms with Gasteiger partial charge >= 0.3 is 0 Å². The van der Waals surface area contributed by atoms with Crippen LogP contribution in [0.4, 0.5) is 5.69 Å². The van der Waals surface area contributed by atoms with Crippen LogP contribution in [-0.2, 0) is 0 Å². The van der Waals surface area contributed by atoms with Crippen LogP contribution < -0.4 is 10.6 Å². The first kappa shape index (κ1) is 20.1. The lowest BCUT2D eigenvalue weighted by molar-refractivity contribution is 0.103. The summed E-state index contributed by atoms with van der Waals surface area (Å²) in [6, 6.07) is 21.1. The molecule has 3 nitrogen and oxygen atoms in total. The van der Waals surface area contributed by atoms with Crippen molar-refractivity contribution in [3.63, 3.8) is 0 Å². The molecule has 5 heteroatoms. The maximum atomic E-state index is 12.6. The molecule has 1 amide bonds. The van der Waals surface area contributed by atoms with E-state index in [2.05, 4.69) is 34.9 Å². The molecular weight excluding hydrogens is 400 g/mol. The summed E-state index contributed by atoms with van der Waals surface area (Å²) >= 11 is 1.48. The zero-order valence-corrected chi connectivity index (χ0v) is 17.8. The van der Waals surface area contributed by atoms with Gasteiger partial charge in [0.2, 0.25) is 0 Å². The number of thiophene rings is 1. The van der Waals surface area contributed by atoms with E-state index < -0.39 is 0 Å². The second kappa shape index (κ2) is 8.70. The van der Waals surface area contributed by atoms with Crippen molar-refractivity contribution in [2.75, 3.05) is 11.9 Å². The van der Waals surface area contributed by atoms with Gasteiger partial charge in [0.15, 0.2) is 0 Å². The number of carbonyl (C=O) groups excluding carboxylic acids is 1. The van der Waals surface area contributed by atoms with Gasteiger partial charge in [-0.05, 0) is 72.0 Å². The predicted octanol–water partition coefficient (Wildman–Crippen LogP) is 5.94. The summed E-state index contributed by atoms with van der Waals surface area (Å²) in [5.74, 6) is 1.52. The van der Waals surface area contributed by atoms with E-state index in [1.54, 1.807) is 0 Å². The minimum Gasteiger partial charge on any atom is -0.321 e. The third-order valence-corrected chi connectivity index (χ3v) is 6.61. The standard InChI is InChI=1S/C24H24N2OS.ClH/c27-24(23-12-19(15-28-23)17-4-2-1-3-5-17)26-20-10-8-18(9-11-20)21-13-22(21)25-14-16-6-7-16;/h1-5,8-12,15-16,21-22,25H,6-7,13-14H2,(H,26,27);1H/t21-,22+;/m0./s1. The molecule has 0 aliphatic heterocycles. The number of amides is 1. The molecule has 150 valence electrons. The summed E-state index contributed by atoms with van der Waals surface area (Å²) in [5.41, 5.74) is 4.45. The zero-order chi connectivity index (χ0) is 18.9. The lowest BCUT2D eigenvalue weighted by Gasteiger charge is -2.06. The van der Waals surface area contributed by atoms with Gasteiger partial charge in [0.25, 0.3) is 5.91 Å². The minimum atomic E-state index is -0.0460. The summed E-state index contributed by atoms with van der Waals surface area (Å²) < 4.78 is 0. The molecule has 0 radical (unpaired) electrons. The van der Waals surface area contributed by atoms with E-state index in [4.69, 9.17) is 0 Å². The fourth-order valence-electron chi connectivity index (χ4n) is 3.67. The van der Waals surface area contributed by atoms with E-state index in [1.807, 2.05) is 41.8 Å². The highest BCUT2D eigenvalue weighted by atomic mass is 35.5. The first-order valence-corrected chi connectivity index (χ1v) is 10.9. The number of carbonyl (C=O) groups is 1. The van der Waals surface area contributed by atoms with Gasteiger partial charge in [-0.1, -0.05) is 42.5 Å². The first-order valence-electron chi connectivity index (χ1n) is 10.0. The van der Waals surface area contributed by atoms with Gasteiger partial charge in [-0.3, -0.25) is 4.79 Å². The number of hydrogen-bond acceptors (Lipinski definition) is 3. The molecule has 29 heavy (non-hydrogen) atoms. The Balaban J connectivity index is 0.00000205. The Labute approximate surface area is 182 Å². The third-order valence-electron chi connectivity index (χ3n) is 5.68. The fraction of sp³-hybridized carbons (Fsp3) is 0.292. The molecule has 0 bridgehead atoms. The lowest BCUT2D eigenvalue weighted by atomic mass is 10.1. The molecule has 2 saturated carbocycles. The molecule has 0 saturated heterocycles. The van der Waals surface area contributed by atoms with Gasteiger partial charge in [-0.25, -0.2) is 0 Å². The Kier molecular flexibility index (Phi) is 6.04. The van der Waals surface area contributed by atoms with Gasteiger partial charge in [-0.15, -0.1) is 23.7 Å². The van der Waals surface area contributed by atoms with Crippen LogP contribution in [0.2, 0.25) is 0 Å². The molecule has 2 aromatic carbocycles.